The number of aliphatic imine (C=N–C) groups is 1. The van der Waals surface area contributed by atoms with E-state index in [0.29, 0.717) is 12.5 Å². The Morgan fingerprint density at radius 1 is 1.16 bits per heavy atom. The van der Waals surface area contributed by atoms with Crippen LogP contribution in [0.4, 0.5) is 0 Å². The van der Waals surface area contributed by atoms with Gasteiger partial charge in [0.05, 0.1) is 25.4 Å². The highest BCUT2D eigenvalue weighted by Gasteiger charge is 2.10. The molecule has 0 amide bonds. The van der Waals surface area contributed by atoms with Crippen LogP contribution in [0.25, 0.3) is 10.9 Å². The molecule has 31 heavy (non-hydrogen) atoms. The average Bonchev–Trinajstić information content (AvgIpc) is 3.41. The number of ether oxygens (including phenoxy) is 2. The van der Waals surface area contributed by atoms with Crippen LogP contribution in [0, 0.1) is 0 Å². The molecule has 3 N–H and O–H groups in total. The van der Waals surface area contributed by atoms with Gasteiger partial charge in [0.15, 0.2) is 11.7 Å². The summed E-state index contributed by atoms with van der Waals surface area (Å²) in [6, 6.07) is 8.00. The van der Waals surface area contributed by atoms with Crippen molar-refractivity contribution in [3.63, 3.8) is 0 Å². The van der Waals surface area contributed by atoms with Gasteiger partial charge in [-0.05, 0) is 31.7 Å². The second-order valence-electron chi connectivity index (χ2n) is 7.68. The Kier molecular flexibility index (Phi) is 7.81. The molecule has 0 aliphatic rings. The summed E-state index contributed by atoms with van der Waals surface area (Å²) >= 11 is 0. The molecule has 0 aliphatic carbocycles. The van der Waals surface area contributed by atoms with Gasteiger partial charge in [-0.2, -0.15) is 0 Å². The first-order valence-corrected chi connectivity index (χ1v) is 10.7. The molecule has 3 aromatic rings. The second-order valence-corrected chi connectivity index (χ2v) is 7.68. The first-order chi connectivity index (χ1) is 15.0. The average molecular weight is 428 g/mol. The van der Waals surface area contributed by atoms with E-state index in [1.54, 1.807) is 14.2 Å². The van der Waals surface area contributed by atoms with Crippen molar-refractivity contribution < 1.29 is 14.0 Å². The minimum atomic E-state index is 0.346. The number of hydrogen-bond donors (Lipinski definition) is 3. The monoisotopic (exact) mass is 427 g/mol. The van der Waals surface area contributed by atoms with E-state index >= 15 is 0 Å². The Hall–Kier alpha value is -3.16. The molecule has 8 heteroatoms. The zero-order valence-corrected chi connectivity index (χ0v) is 19.0. The molecule has 2 aromatic heterocycles. The van der Waals surface area contributed by atoms with Crippen LogP contribution < -0.4 is 20.1 Å². The lowest BCUT2D eigenvalue weighted by Crippen LogP contribution is -2.37. The van der Waals surface area contributed by atoms with Crippen molar-refractivity contribution in [2.45, 2.75) is 46.1 Å². The summed E-state index contributed by atoms with van der Waals surface area (Å²) in [6.07, 6.45) is 1.86. The molecule has 2 heterocycles. The highest BCUT2D eigenvalue weighted by atomic mass is 16.5. The largest absolute Gasteiger partial charge is 0.497 e. The number of nitrogens with zero attached hydrogens (tertiary/aromatic N) is 2. The molecule has 168 valence electrons. The molecule has 1 aromatic carbocycles. The van der Waals surface area contributed by atoms with Gasteiger partial charge >= 0.3 is 0 Å². The number of aromatic nitrogens is 2. The van der Waals surface area contributed by atoms with Crippen molar-refractivity contribution in [1.29, 1.82) is 0 Å². The molecule has 3 rings (SSSR count). The second kappa shape index (κ2) is 10.7. The van der Waals surface area contributed by atoms with Gasteiger partial charge in [-0.3, -0.25) is 0 Å². The summed E-state index contributed by atoms with van der Waals surface area (Å²) in [5.41, 5.74) is 3.13. The minimum Gasteiger partial charge on any atom is -0.497 e. The van der Waals surface area contributed by atoms with E-state index in [1.807, 2.05) is 18.2 Å². The Bertz CT molecular complexity index is 1010. The molecular formula is C23H33N5O3. The third-order valence-electron chi connectivity index (χ3n) is 5.01. The topological polar surface area (TPSA) is 96.7 Å². The number of aromatic amines is 1. The van der Waals surface area contributed by atoms with Crippen molar-refractivity contribution in [2.75, 3.05) is 27.3 Å². The molecule has 0 aliphatic heterocycles. The van der Waals surface area contributed by atoms with E-state index in [-0.39, 0.29) is 0 Å². The fourth-order valence-corrected chi connectivity index (χ4v) is 3.32. The van der Waals surface area contributed by atoms with Crippen LogP contribution >= 0.6 is 0 Å². The summed E-state index contributed by atoms with van der Waals surface area (Å²) < 4.78 is 16.2. The number of H-pyrrole nitrogens is 1. The fourth-order valence-electron chi connectivity index (χ4n) is 3.32. The summed E-state index contributed by atoms with van der Waals surface area (Å²) in [4.78, 5) is 8.06. The maximum Gasteiger partial charge on any atom is 0.191 e. The lowest BCUT2D eigenvalue weighted by molar-refractivity contribution is 0.376. The van der Waals surface area contributed by atoms with E-state index in [2.05, 4.69) is 52.6 Å². The standard InChI is InChI=1S/C23H33N5O3/c1-6-24-23(26-14-18-12-20(15(2)3)28-31-18)25-9-7-8-16-10-19-21(27-16)11-17(29-4)13-22(19)30-5/h10-13,15,27H,6-9,14H2,1-5H3,(H2,24,25,26). The van der Waals surface area contributed by atoms with E-state index in [4.69, 9.17) is 14.0 Å². The number of benzene rings is 1. The molecule has 8 nitrogen and oxygen atoms in total. The zero-order chi connectivity index (χ0) is 22.2. The number of rotatable bonds is 10. The Morgan fingerprint density at radius 2 is 2.00 bits per heavy atom. The van der Waals surface area contributed by atoms with Crippen LogP contribution in [0.15, 0.2) is 33.8 Å². The smallest absolute Gasteiger partial charge is 0.191 e. The number of fused-ring (bicyclic) bond motifs is 1. The van der Waals surface area contributed by atoms with E-state index in [0.717, 1.165) is 71.4 Å². The quantitative estimate of drug-likeness (QED) is 0.257. The molecule has 0 saturated carbocycles. The molecule has 0 radical (unpaired) electrons. The van der Waals surface area contributed by atoms with Gasteiger partial charge in [0.2, 0.25) is 0 Å². The number of guanidine groups is 1. The van der Waals surface area contributed by atoms with Crippen LogP contribution in [0.5, 0.6) is 11.5 Å². The van der Waals surface area contributed by atoms with Crippen molar-refractivity contribution in [2.24, 2.45) is 4.99 Å². The van der Waals surface area contributed by atoms with Crippen molar-refractivity contribution in [3.8, 4) is 11.5 Å². The highest BCUT2D eigenvalue weighted by molar-refractivity contribution is 5.88. The van der Waals surface area contributed by atoms with Crippen LogP contribution in [0.2, 0.25) is 0 Å². The normalized spacial score (nSPS) is 11.9. The van der Waals surface area contributed by atoms with E-state index in [1.165, 1.54) is 0 Å². The summed E-state index contributed by atoms with van der Waals surface area (Å²) in [5, 5.41) is 11.8. The van der Waals surface area contributed by atoms with Gasteiger partial charge in [0.1, 0.15) is 18.0 Å². The van der Waals surface area contributed by atoms with Gasteiger partial charge in [0.25, 0.3) is 0 Å². The van der Waals surface area contributed by atoms with Crippen LogP contribution in [0.1, 0.15) is 50.3 Å². The predicted octanol–water partition coefficient (Wildman–Crippen LogP) is 3.98. The summed E-state index contributed by atoms with van der Waals surface area (Å²) in [5.74, 6) is 3.47. The lowest BCUT2D eigenvalue weighted by atomic mass is 10.1. The number of hydrogen-bond acceptors (Lipinski definition) is 5. The maximum atomic E-state index is 5.50. The van der Waals surface area contributed by atoms with Gasteiger partial charge < -0.3 is 29.6 Å². The highest BCUT2D eigenvalue weighted by Crippen LogP contribution is 2.31. The minimum absolute atomic E-state index is 0.346. The van der Waals surface area contributed by atoms with Gasteiger partial charge in [-0.25, -0.2) is 4.99 Å². The Morgan fingerprint density at radius 3 is 2.68 bits per heavy atom. The van der Waals surface area contributed by atoms with Gasteiger partial charge in [0, 0.05) is 42.4 Å². The molecule has 0 saturated heterocycles. The summed E-state index contributed by atoms with van der Waals surface area (Å²) in [7, 11) is 3.33. The molecule has 0 spiro atoms. The Balaban J connectivity index is 1.54. The molecule has 0 atom stereocenters. The fraction of sp³-hybridized carbons (Fsp3) is 0.478. The van der Waals surface area contributed by atoms with Crippen molar-refractivity contribution in [1.82, 2.24) is 20.8 Å². The van der Waals surface area contributed by atoms with Crippen LogP contribution in [-0.2, 0) is 13.0 Å². The number of nitrogens with one attached hydrogen (secondary N) is 3. The first kappa shape index (κ1) is 22.5. The van der Waals surface area contributed by atoms with Crippen LogP contribution in [-0.4, -0.2) is 43.4 Å². The molecule has 0 unspecified atom stereocenters. The number of aryl methyl sites for hydroxylation is 1. The molecule has 0 bridgehead atoms. The summed E-state index contributed by atoms with van der Waals surface area (Å²) in [6.45, 7) is 8.29. The zero-order valence-electron chi connectivity index (χ0n) is 19.0. The third-order valence-corrected chi connectivity index (χ3v) is 5.01. The molecular weight excluding hydrogens is 394 g/mol. The first-order valence-electron chi connectivity index (χ1n) is 10.7. The van der Waals surface area contributed by atoms with Crippen LogP contribution in [0.3, 0.4) is 0 Å². The van der Waals surface area contributed by atoms with E-state index in [9.17, 15) is 0 Å². The van der Waals surface area contributed by atoms with Crippen molar-refractivity contribution >= 4 is 16.9 Å². The van der Waals surface area contributed by atoms with Crippen molar-refractivity contribution in [3.05, 3.63) is 41.4 Å². The maximum absolute atomic E-state index is 5.50. The Labute approximate surface area is 183 Å². The van der Waals surface area contributed by atoms with Gasteiger partial charge in [-0.1, -0.05) is 19.0 Å². The third kappa shape index (κ3) is 5.93. The molecule has 0 fully saturated rings. The SMILES string of the molecule is CCNC(=NCc1cc(C(C)C)no1)NCCCc1cc2c(OC)cc(OC)cc2[nH]1. The predicted molar refractivity (Wildman–Crippen MR) is 123 cm³/mol. The lowest BCUT2D eigenvalue weighted by Gasteiger charge is -2.10. The van der Waals surface area contributed by atoms with Gasteiger partial charge in [-0.15, -0.1) is 0 Å². The van der Waals surface area contributed by atoms with E-state index < -0.39 is 0 Å². The number of methoxy groups -OCH3 is 2.